The van der Waals surface area contributed by atoms with Crippen molar-refractivity contribution in [1.82, 2.24) is 9.97 Å². The fourth-order valence-electron chi connectivity index (χ4n) is 0.987. The second kappa shape index (κ2) is 2.71. The number of benzene rings is 1. The van der Waals surface area contributed by atoms with Crippen molar-refractivity contribution in [2.75, 3.05) is 0 Å². The number of rotatable bonds is 0. The number of aromatic nitrogens is 2. The Balaban J connectivity index is 2.89. The first kappa shape index (κ1) is 8.01. The molecule has 2 aromatic rings. The molecule has 62 valence electrons. The first-order chi connectivity index (χ1) is 5.68. The molecule has 0 aliphatic heterocycles. The third-order valence-electron chi connectivity index (χ3n) is 1.52. The van der Waals surface area contributed by atoms with Gasteiger partial charge in [-0.2, -0.15) is 0 Å². The molecule has 0 saturated heterocycles. The van der Waals surface area contributed by atoms with Crippen LogP contribution in [-0.2, 0) is 0 Å². The smallest absolute Gasteiger partial charge is 0.201 e. The number of halogens is 3. The molecule has 0 unspecified atom stereocenters. The van der Waals surface area contributed by atoms with Crippen molar-refractivity contribution in [1.29, 1.82) is 0 Å². The molecule has 1 heterocycles. The predicted molar refractivity (Wildman–Crippen MR) is 48.8 cm³/mol. The Labute approximate surface area is 80.9 Å². The van der Waals surface area contributed by atoms with Crippen LogP contribution >= 0.6 is 27.5 Å². The minimum atomic E-state index is -0.393. The molecule has 0 saturated carbocycles. The van der Waals surface area contributed by atoms with Crippen LogP contribution < -0.4 is 0 Å². The Morgan fingerprint density at radius 3 is 3.00 bits per heavy atom. The van der Waals surface area contributed by atoms with Gasteiger partial charge in [0.2, 0.25) is 5.28 Å². The van der Waals surface area contributed by atoms with Crippen LogP contribution in [0.5, 0.6) is 0 Å². The number of hydrogen-bond acceptors (Lipinski definition) is 1. The van der Waals surface area contributed by atoms with Crippen LogP contribution in [0.15, 0.2) is 16.6 Å². The zero-order valence-electron chi connectivity index (χ0n) is 5.74. The maximum Gasteiger partial charge on any atom is 0.201 e. The number of aromatic amines is 1. The molecule has 0 fully saturated rings. The number of nitrogens with one attached hydrogen (secondary N) is 1. The highest BCUT2D eigenvalue weighted by Crippen LogP contribution is 2.24. The van der Waals surface area contributed by atoms with Gasteiger partial charge >= 0.3 is 0 Å². The van der Waals surface area contributed by atoms with E-state index in [-0.39, 0.29) is 10.8 Å². The summed E-state index contributed by atoms with van der Waals surface area (Å²) in [4.78, 5) is 6.50. The van der Waals surface area contributed by atoms with Crippen LogP contribution in [0, 0.1) is 5.82 Å². The molecule has 1 aromatic heterocycles. The van der Waals surface area contributed by atoms with E-state index in [1.807, 2.05) is 0 Å². The Bertz CT molecular complexity index is 440. The van der Waals surface area contributed by atoms with Crippen molar-refractivity contribution in [2.45, 2.75) is 0 Å². The van der Waals surface area contributed by atoms with Gasteiger partial charge in [0.25, 0.3) is 0 Å². The van der Waals surface area contributed by atoms with Gasteiger partial charge in [-0.05, 0) is 39.7 Å². The second-order valence-corrected chi connectivity index (χ2v) is 3.50. The maximum absolute atomic E-state index is 13.2. The monoisotopic (exact) mass is 248 g/mol. The predicted octanol–water partition coefficient (Wildman–Crippen LogP) is 3.12. The number of fused-ring (bicyclic) bond motifs is 1. The van der Waals surface area contributed by atoms with E-state index in [4.69, 9.17) is 11.6 Å². The molecule has 0 spiro atoms. The summed E-state index contributed by atoms with van der Waals surface area (Å²) in [7, 11) is 0. The highest BCUT2D eigenvalue weighted by atomic mass is 79.9. The SMILES string of the molecule is Fc1c(Br)ccc2[nH]c(Cl)nc12. The van der Waals surface area contributed by atoms with E-state index < -0.39 is 5.82 Å². The molecule has 2 rings (SSSR count). The fraction of sp³-hybridized carbons (Fsp3) is 0. The molecule has 0 radical (unpaired) electrons. The van der Waals surface area contributed by atoms with E-state index in [2.05, 4.69) is 25.9 Å². The average molecular weight is 249 g/mol. The Hall–Kier alpha value is -0.610. The van der Waals surface area contributed by atoms with Gasteiger partial charge in [0.05, 0.1) is 9.99 Å². The van der Waals surface area contributed by atoms with Gasteiger partial charge in [0, 0.05) is 0 Å². The van der Waals surface area contributed by atoms with Gasteiger partial charge in [-0.1, -0.05) is 0 Å². The lowest BCUT2D eigenvalue weighted by molar-refractivity contribution is 0.631. The van der Waals surface area contributed by atoms with Gasteiger partial charge in [-0.15, -0.1) is 0 Å². The Morgan fingerprint density at radius 2 is 2.25 bits per heavy atom. The molecule has 5 heteroatoms. The standard InChI is InChI=1S/C7H3BrClFN2/c8-3-1-2-4-6(5(3)10)12-7(9)11-4/h1-2H,(H,11,12). The molecule has 0 aliphatic carbocycles. The summed E-state index contributed by atoms with van der Waals surface area (Å²) in [6.45, 7) is 0. The molecule has 1 aromatic carbocycles. The summed E-state index contributed by atoms with van der Waals surface area (Å²) >= 11 is 8.61. The zero-order valence-corrected chi connectivity index (χ0v) is 8.08. The first-order valence-corrected chi connectivity index (χ1v) is 4.35. The molecule has 0 amide bonds. The summed E-state index contributed by atoms with van der Waals surface area (Å²) in [5.74, 6) is -0.393. The van der Waals surface area contributed by atoms with E-state index >= 15 is 0 Å². The van der Waals surface area contributed by atoms with Crippen molar-refractivity contribution >= 4 is 38.6 Å². The maximum atomic E-state index is 13.2. The summed E-state index contributed by atoms with van der Waals surface area (Å²) < 4.78 is 13.6. The number of hydrogen-bond donors (Lipinski definition) is 1. The lowest BCUT2D eigenvalue weighted by atomic mass is 10.3. The average Bonchev–Trinajstić information content (AvgIpc) is 2.39. The number of imidazole rings is 1. The molecule has 0 aliphatic rings. The largest absolute Gasteiger partial charge is 0.328 e. The van der Waals surface area contributed by atoms with Crippen molar-refractivity contribution in [2.24, 2.45) is 0 Å². The van der Waals surface area contributed by atoms with E-state index in [1.165, 1.54) is 0 Å². The molecule has 2 nitrogen and oxygen atoms in total. The van der Waals surface area contributed by atoms with E-state index in [0.29, 0.717) is 9.99 Å². The highest BCUT2D eigenvalue weighted by Gasteiger charge is 2.08. The summed E-state index contributed by atoms with van der Waals surface area (Å²) in [5.41, 5.74) is 0.857. The van der Waals surface area contributed by atoms with Gasteiger partial charge < -0.3 is 4.98 Å². The van der Waals surface area contributed by atoms with Gasteiger partial charge in [-0.25, -0.2) is 9.37 Å². The molecule has 12 heavy (non-hydrogen) atoms. The van der Waals surface area contributed by atoms with Crippen molar-refractivity contribution in [3.63, 3.8) is 0 Å². The lowest BCUT2D eigenvalue weighted by Gasteiger charge is -1.92. The third-order valence-corrected chi connectivity index (χ3v) is 2.31. The van der Waals surface area contributed by atoms with Crippen molar-refractivity contribution < 1.29 is 4.39 Å². The summed E-state index contributed by atoms with van der Waals surface area (Å²) in [6, 6.07) is 3.31. The van der Waals surface area contributed by atoms with Crippen molar-refractivity contribution in [3.8, 4) is 0 Å². The number of H-pyrrole nitrogens is 1. The minimum Gasteiger partial charge on any atom is -0.328 e. The van der Waals surface area contributed by atoms with E-state index in [9.17, 15) is 4.39 Å². The summed E-state index contributed by atoms with van der Waals surface area (Å²) in [6.07, 6.45) is 0. The highest BCUT2D eigenvalue weighted by molar-refractivity contribution is 9.10. The molecular weight excluding hydrogens is 246 g/mol. The van der Waals surface area contributed by atoms with Crippen LogP contribution in [-0.4, -0.2) is 9.97 Å². The van der Waals surface area contributed by atoms with Crippen LogP contribution in [0.25, 0.3) is 11.0 Å². The quantitative estimate of drug-likeness (QED) is 0.763. The minimum absolute atomic E-state index is 0.196. The molecular formula is C7H3BrClFN2. The Kier molecular flexibility index (Phi) is 1.81. The third kappa shape index (κ3) is 1.11. The van der Waals surface area contributed by atoms with Crippen LogP contribution in [0.1, 0.15) is 0 Å². The number of nitrogens with zero attached hydrogens (tertiary/aromatic N) is 1. The first-order valence-electron chi connectivity index (χ1n) is 3.17. The molecule has 0 atom stereocenters. The van der Waals surface area contributed by atoms with Gasteiger partial charge in [0.15, 0.2) is 5.82 Å². The topological polar surface area (TPSA) is 28.7 Å². The molecule has 0 bridgehead atoms. The zero-order chi connectivity index (χ0) is 8.72. The van der Waals surface area contributed by atoms with Crippen LogP contribution in [0.2, 0.25) is 5.28 Å². The van der Waals surface area contributed by atoms with E-state index in [1.54, 1.807) is 12.1 Å². The Morgan fingerprint density at radius 1 is 1.50 bits per heavy atom. The second-order valence-electron chi connectivity index (χ2n) is 2.29. The lowest BCUT2D eigenvalue weighted by Crippen LogP contribution is -1.79. The molecule has 1 N–H and O–H groups in total. The van der Waals surface area contributed by atoms with Gasteiger partial charge in [0.1, 0.15) is 5.52 Å². The van der Waals surface area contributed by atoms with Gasteiger partial charge in [-0.3, -0.25) is 0 Å². The normalized spacial score (nSPS) is 10.9. The van der Waals surface area contributed by atoms with E-state index in [0.717, 1.165) is 0 Å². The summed E-state index contributed by atoms with van der Waals surface area (Å²) in [5, 5.41) is 0.196. The van der Waals surface area contributed by atoms with Crippen molar-refractivity contribution in [3.05, 3.63) is 27.7 Å². The van der Waals surface area contributed by atoms with Crippen LogP contribution in [0.3, 0.4) is 0 Å². The van der Waals surface area contributed by atoms with Crippen LogP contribution in [0.4, 0.5) is 4.39 Å². The fourth-order valence-corrected chi connectivity index (χ4v) is 1.49.